The smallest absolute Gasteiger partial charge is 0.336 e. The molecule has 17 heavy (non-hydrogen) atoms. The Morgan fingerprint density at radius 1 is 1.53 bits per heavy atom. The van der Waals surface area contributed by atoms with Crippen LogP contribution in [-0.4, -0.2) is 26.3 Å². The topological polar surface area (TPSA) is 78.9 Å². The van der Waals surface area contributed by atoms with E-state index in [0.717, 1.165) is 4.47 Å². The highest BCUT2D eigenvalue weighted by Crippen LogP contribution is 2.30. The van der Waals surface area contributed by atoms with Crippen molar-refractivity contribution in [2.75, 3.05) is 0 Å². The first kappa shape index (κ1) is 12.1. The fraction of sp³-hybridized carbons (Fsp3) is 0.100. The summed E-state index contributed by atoms with van der Waals surface area (Å²) in [5.74, 6) is -0.272. The van der Waals surface area contributed by atoms with Crippen LogP contribution < -0.4 is 0 Å². The Bertz CT molecular complexity index is 570. The number of carboxylic acids is 1. The number of aryl methyl sites for hydroxylation is 1. The summed E-state index contributed by atoms with van der Waals surface area (Å²) in [6, 6.07) is 4.98. The Kier molecular flexibility index (Phi) is 3.49. The molecule has 5 nitrogen and oxygen atoms in total. The Morgan fingerprint density at radius 3 is 2.88 bits per heavy atom. The molecule has 2 aromatic rings. The number of hydrogen-bond donors (Lipinski definition) is 2. The number of aromatic nitrogens is 3. The van der Waals surface area contributed by atoms with Crippen molar-refractivity contribution in [2.45, 2.75) is 17.0 Å². The summed E-state index contributed by atoms with van der Waals surface area (Å²) in [4.78, 5) is 15.8. The molecule has 0 aliphatic carbocycles. The summed E-state index contributed by atoms with van der Waals surface area (Å²) in [6.07, 6.45) is 0. The first-order valence-electron chi connectivity index (χ1n) is 4.66. The minimum absolute atomic E-state index is 0.237. The van der Waals surface area contributed by atoms with Crippen molar-refractivity contribution in [3.8, 4) is 0 Å². The molecule has 7 heteroatoms. The van der Waals surface area contributed by atoms with Crippen LogP contribution in [0, 0.1) is 6.92 Å². The van der Waals surface area contributed by atoms with Crippen LogP contribution in [0.4, 0.5) is 0 Å². The minimum atomic E-state index is -0.966. The van der Waals surface area contributed by atoms with Crippen LogP contribution in [0.5, 0.6) is 0 Å². The Balaban J connectivity index is 2.37. The van der Waals surface area contributed by atoms with E-state index in [9.17, 15) is 4.79 Å². The monoisotopic (exact) mass is 313 g/mol. The number of H-pyrrole nitrogens is 1. The van der Waals surface area contributed by atoms with Gasteiger partial charge in [-0.25, -0.2) is 9.78 Å². The number of aromatic carboxylic acids is 1. The highest BCUT2D eigenvalue weighted by atomic mass is 79.9. The van der Waals surface area contributed by atoms with Crippen LogP contribution in [0.1, 0.15) is 16.2 Å². The number of carboxylic acid groups (broad SMARTS) is 1. The summed E-state index contributed by atoms with van der Waals surface area (Å²) in [5.41, 5.74) is 0.237. The van der Waals surface area contributed by atoms with Crippen molar-refractivity contribution in [1.29, 1.82) is 0 Å². The maximum Gasteiger partial charge on any atom is 0.336 e. The van der Waals surface area contributed by atoms with Gasteiger partial charge in [-0.2, -0.15) is 0 Å². The second-order valence-electron chi connectivity index (χ2n) is 3.25. The van der Waals surface area contributed by atoms with Gasteiger partial charge in [0, 0.05) is 9.37 Å². The lowest BCUT2D eigenvalue weighted by molar-refractivity contribution is 0.0693. The van der Waals surface area contributed by atoms with Crippen LogP contribution >= 0.6 is 27.7 Å². The zero-order valence-corrected chi connectivity index (χ0v) is 11.2. The van der Waals surface area contributed by atoms with Crippen molar-refractivity contribution in [3.63, 3.8) is 0 Å². The van der Waals surface area contributed by atoms with Crippen molar-refractivity contribution in [2.24, 2.45) is 0 Å². The van der Waals surface area contributed by atoms with Gasteiger partial charge < -0.3 is 5.11 Å². The number of carbonyl (C=O) groups is 1. The first-order chi connectivity index (χ1) is 8.06. The fourth-order valence-corrected chi connectivity index (χ4v) is 2.66. The molecule has 1 aromatic carbocycles. The number of aromatic amines is 1. The van der Waals surface area contributed by atoms with Gasteiger partial charge in [0.1, 0.15) is 5.82 Å². The van der Waals surface area contributed by atoms with E-state index in [1.165, 1.54) is 11.8 Å². The summed E-state index contributed by atoms with van der Waals surface area (Å²) >= 11 is 4.52. The molecular weight excluding hydrogens is 306 g/mol. The van der Waals surface area contributed by atoms with Crippen LogP contribution in [0.15, 0.2) is 32.7 Å². The molecule has 0 spiro atoms. The number of benzene rings is 1. The van der Waals surface area contributed by atoms with E-state index in [0.29, 0.717) is 15.9 Å². The van der Waals surface area contributed by atoms with E-state index in [2.05, 4.69) is 31.1 Å². The summed E-state index contributed by atoms with van der Waals surface area (Å²) < 4.78 is 0.817. The van der Waals surface area contributed by atoms with Crippen molar-refractivity contribution in [1.82, 2.24) is 15.2 Å². The molecule has 0 aliphatic heterocycles. The highest BCUT2D eigenvalue weighted by Gasteiger charge is 2.13. The van der Waals surface area contributed by atoms with E-state index in [1.807, 2.05) is 0 Å². The SMILES string of the molecule is Cc1nc(Sc2cc(Br)ccc2C(=O)O)n[nH]1. The van der Waals surface area contributed by atoms with Gasteiger partial charge in [-0.05, 0) is 36.9 Å². The molecular formula is C10H8BrN3O2S. The average molecular weight is 314 g/mol. The Labute approximate surface area is 110 Å². The molecule has 0 aliphatic rings. The largest absolute Gasteiger partial charge is 0.478 e. The molecule has 0 bridgehead atoms. The van der Waals surface area contributed by atoms with E-state index >= 15 is 0 Å². The van der Waals surface area contributed by atoms with E-state index < -0.39 is 5.97 Å². The van der Waals surface area contributed by atoms with Gasteiger partial charge in [-0.3, -0.25) is 5.10 Å². The standard InChI is InChI=1S/C10H8BrN3O2S/c1-5-12-10(14-13-5)17-8-4-6(11)2-3-7(8)9(15)16/h2-4H,1H3,(H,15,16)(H,12,13,14). The summed E-state index contributed by atoms with van der Waals surface area (Å²) in [6.45, 7) is 1.79. The van der Waals surface area contributed by atoms with Gasteiger partial charge in [-0.15, -0.1) is 5.10 Å². The van der Waals surface area contributed by atoms with Gasteiger partial charge in [0.25, 0.3) is 0 Å². The summed E-state index contributed by atoms with van der Waals surface area (Å²) in [5, 5.41) is 16.2. The predicted octanol–water partition coefficient (Wildman–Crippen LogP) is 2.73. The average Bonchev–Trinajstić information content (AvgIpc) is 2.63. The van der Waals surface area contributed by atoms with Crippen LogP contribution in [0.25, 0.3) is 0 Å². The van der Waals surface area contributed by atoms with Crippen LogP contribution in [-0.2, 0) is 0 Å². The van der Waals surface area contributed by atoms with Gasteiger partial charge in [0.2, 0.25) is 5.16 Å². The quantitative estimate of drug-likeness (QED) is 0.910. The third kappa shape index (κ3) is 2.86. The van der Waals surface area contributed by atoms with Crippen molar-refractivity contribution in [3.05, 3.63) is 34.1 Å². The van der Waals surface area contributed by atoms with Crippen LogP contribution in [0.3, 0.4) is 0 Å². The number of nitrogens with zero attached hydrogens (tertiary/aromatic N) is 2. The third-order valence-electron chi connectivity index (χ3n) is 1.95. The predicted molar refractivity (Wildman–Crippen MR) is 66.3 cm³/mol. The normalized spacial score (nSPS) is 10.5. The molecule has 2 rings (SSSR count). The van der Waals surface area contributed by atoms with Crippen molar-refractivity contribution >= 4 is 33.7 Å². The lowest BCUT2D eigenvalue weighted by Gasteiger charge is -2.03. The lowest BCUT2D eigenvalue weighted by atomic mass is 10.2. The minimum Gasteiger partial charge on any atom is -0.478 e. The summed E-state index contributed by atoms with van der Waals surface area (Å²) in [7, 11) is 0. The second kappa shape index (κ2) is 4.89. The third-order valence-corrected chi connectivity index (χ3v) is 3.37. The number of nitrogens with one attached hydrogen (secondary N) is 1. The number of halogens is 1. The van der Waals surface area contributed by atoms with Gasteiger partial charge in [0.05, 0.1) is 5.56 Å². The van der Waals surface area contributed by atoms with E-state index in [-0.39, 0.29) is 5.56 Å². The lowest BCUT2D eigenvalue weighted by Crippen LogP contribution is -1.98. The number of rotatable bonds is 3. The van der Waals surface area contributed by atoms with Gasteiger partial charge >= 0.3 is 5.97 Å². The van der Waals surface area contributed by atoms with E-state index in [4.69, 9.17) is 5.11 Å². The van der Waals surface area contributed by atoms with Crippen LogP contribution in [0.2, 0.25) is 0 Å². The van der Waals surface area contributed by atoms with E-state index in [1.54, 1.807) is 25.1 Å². The molecule has 0 saturated carbocycles. The molecule has 0 unspecified atom stereocenters. The molecule has 0 saturated heterocycles. The molecule has 0 atom stereocenters. The van der Waals surface area contributed by atoms with Crippen molar-refractivity contribution < 1.29 is 9.90 Å². The zero-order chi connectivity index (χ0) is 12.4. The fourth-order valence-electron chi connectivity index (χ4n) is 1.22. The molecule has 1 heterocycles. The van der Waals surface area contributed by atoms with Gasteiger partial charge in [0.15, 0.2) is 0 Å². The zero-order valence-electron chi connectivity index (χ0n) is 8.77. The maximum absolute atomic E-state index is 11.1. The molecule has 88 valence electrons. The molecule has 0 amide bonds. The molecule has 2 N–H and O–H groups in total. The van der Waals surface area contributed by atoms with Gasteiger partial charge in [-0.1, -0.05) is 15.9 Å². The maximum atomic E-state index is 11.1. The molecule has 0 fully saturated rings. The number of hydrogen-bond acceptors (Lipinski definition) is 4. The second-order valence-corrected chi connectivity index (χ2v) is 5.18. The Hall–Kier alpha value is -1.34. The molecule has 1 aromatic heterocycles. The first-order valence-corrected chi connectivity index (χ1v) is 6.27. The molecule has 0 radical (unpaired) electrons. The Morgan fingerprint density at radius 2 is 2.29 bits per heavy atom. The highest BCUT2D eigenvalue weighted by molar-refractivity contribution is 9.10.